The maximum atomic E-state index is 11.5. The first kappa shape index (κ1) is 14.3. The highest BCUT2D eigenvalue weighted by Gasteiger charge is 2.08. The Morgan fingerprint density at radius 2 is 2.11 bits per heavy atom. The Morgan fingerprint density at radius 3 is 2.67 bits per heavy atom. The number of hydrogen-bond acceptors (Lipinski definition) is 2. The molecule has 0 saturated heterocycles. The lowest BCUT2D eigenvalue weighted by Crippen LogP contribution is -2.30. The van der Waals surface area contributed by atoms with E-state index in [1.165, 1.54) is 13.1 Å². The fourth-order valence-corrected chi connectivity index (χ4v) is 1.48. The summed E-state index contributed by atoms with van der Waals surface area (Å²) in [5, 5.41) is 9.18. The molecule has 1 N–H and O–H groups in total. The van der Waals surface area contributed by atoms with Gasteiger partial charge in [0.2, 0.25) is 5.91 Å². The first-order chi connectivity index (χ1) is 8.40. The van der Waals surface area contributed by atoms with Crippen molar-refractivity contribution in [2.45, 2.75) is 6.92 Å². The number of carboxylic acids is 1. The van der Waals surface area contributed by atoms with Crippen LogP contribution in [-0.2, 0) is 9.59 Å². The molecule has 0 fully saturated rings. The first-order valence-corrected chi connectivity index (χ1v) is 5.69. The number of amides is 1. The zero-order valence-electron chi connectivity index (χ0n) is 10.2. The van der Waals surface area contributed by atoms with E-state index in [4.69, 9.17) is 16.7 Å². The molecule has 0 bridgehead atoms. The molecule has 0 aliphatic carbocycles. The minimum atomic E-state index is -1.04. The number of carbonyl (C=O) groups excluding carboxylic acids is 1. The van der Waals surface area contributed by atoms with E-state index in [0.29, 0.717) is 5.02 Å². The molecule has 0 aromatic heterocycles. The number of likely N-dealkylation sites (N-methyl/N-ethyl adjacent to an activating group) is 1. The van der Waals surface area contributed by atoms with Gasteiger partial charge in [-0.25, -0.2) is 0 Å². The number of rotatable bonds is 4. The summed E-state index contributed by atoms with van der Waals surface area (Å²) in [6, 6.07) is 5.44. The van der Waals surface area contributed by atoms with E-state index >= 15 is 0 Å². The van der Waals surface area contributed by atoms with E-state index in [2.05, 4.69) is 0 Å². The lowest BCUT2D eigenvalue weighted by Gasteiger charge is -2.11. The fourth-order valence-electron chi connectivity index (χ4n) is 1.29. The van der Waals surface area contributed by atoms with Crippen LogP contribution in [0.3, 0.4) is 0 Å². The predicted octanol–water partition coefficient (Wildman–Crippen LogP) is 2.20. The molecule has 1 rings (SSSR count). The summed E-state index contributed by atoms with van der Waals surface area (Å²) in [6.07, 6.45) is 2.93. The van der Waals surface area contributed by atoms with Gasteiger partial charge in [0.15, 0.2) is 0 Å². The number of hydrogen-bond donors (Lipinski definition) is 1. The lowest BCUT2D eigenvalue weighted by molar-refractivity contribution is -0.141. The number of aliphatic carboxylic acids is 1. The molecule has 0 aliphatic heterocycles. The van der Waals surface area contributed by atoms with Crippen molar-refractivity contribution in [3.8, 4) is 0 Å². The quantitative estimate of drug-likeness (QED) is 0.851. The summed E-state index contributed by atoms with van der Waals surface area (Å²) in [5.41, 5.74) is 1.76. The van der Waals surface area contributed by atoms with Crippen molar-refractivity contribution in [3.05, 3.63) is 40.4 Å². The van der Waals surface area contributed by atoms with Crippen LogP contribution in [-0.4, -0.2) is 35.5 Å². The zero-order chi connectivity index (χ0) is 13.7. The average Bonchev–Trinajstić information content (AvgIpc) is 2.29. The number of nitrogens with zero attached hydrogens (tertiary/aromatic N) is 1. The first-order valence-electron chi connectivity index (χ1n) is 5.31. The lowest BCUT2D eigenvalue weighted by atomic mass is 10.1. The van der Waals surface area contributed by atoms with E-state index in [-0.39, 0.29) is 12.5 Å². The molecule has 1 amide bonds. The summed E-state index contributed by atoms with van der Waals surface area (Å²) < 4.78 is 0. The van der Waals surface area contributed by atoms with E-state index in [9.17, 15) is 9.59 Å². The van der Waals surface area contributed by atoms with Gasteiger partial charge in [0.25, 0.3) is 0 Å². The molecule has 0 saturated carbocycles. The van der Waals surface area contributed by atoms with Gasteiger partial charge < -0.3 is 10.0 Å². The molecule has 5 heteroatoms. The van der Waals surface area contributed by atoms with Crippen LogP contribution in [0.25, 0.3) is 6.08 Å². The SMILES string of the molecule is Cc1ccc(/C=C/C(=O)N(C)CC(=O)O)cc1Cl. The fraction of sp³-hybridized carbons (Fsp3) is 0.231. The third kappa shape index (κ3) is 4.22. The molecule has 0 aliphatic rings. The summed E-state index contributed by atoms with van der Waals surface area (Å²) in [6.45, 7) is 1.57. The van der Waals surface area contributed by atoms with Gasteiger partial charge in [-0.15, -0.1) is 0 Å². The summed E-state index contributed by atoms with van der Waals surface area (Å²) in [7, 11) is 1.43. The molecular formula is C13H14ClNO3. The number of halogens is 1. The van der Waals surface area contributed by atoms with Crippen molar-refractivity contribution in [2.24, 2.45) is 0 Å². The largest absolute Gasteiger partial charge is 0.480 e. The summed E-state index contributed by atoms with van der Waals surface area (Å²) >= 11 is 5.95. The molecule has 4 nitrogen and oxygen atoms in total. The van der Waals surface area contributed by atoms with E-state index < -0.39 is 5.97 Å². The van der Waals surface area contributed by atoms with E-state index in [1.807, 2.05) is 19.1 Å². The Morgan fingerprint density at radius 1 is 1.44 bits per heavy atom. The summed E-state index contributed by atoms with van der Waals surface area (Å²) in [4.78, 5) is 23.1. The van der Waals surface area contributed by atoms with Crippen LogP contribution in [0.2, 0.25) is 5.02 Å². The number of benzene rings is 1. The molecule has 18 heavy (non-hydrogen) atoms. The standard InChI is InChI=1S/C13H14ClNO3/c1-9-3-4-10(7-11(9)14)5-6-12(16)15(2)8-13(17)18/h3-7H,8H2,1-2H3,(H,17,18)/b6-5+. The van der Waals surface area contributed by atoms with Crippen molar-refractivity contribution in [1.82, 2.24) is 4.90 Å². The second-order valence-corrected chi connectivity index (χ2v) is 4.34. The van der Waals surface area contributed by atoms with Crippen LogP contribution in [0.4, 0.5) is 0 Å². The molecule has 1 aromatic carbocycles. The molecule has 0 spiro atoms. The number of aryl methyl sites for hydroxylation is 1. The van der Waals surface area contributed by atoms with Crippen molar-refractivity contribution in [2.75, 3.05) is 13.6 Å². The van der Waals surface area contributed by atoms with Crippen LogP contribution < -0.4 is 0 Å². The monoisotopic (exact) mass is 267 g/mol. The van der Waals surface area contributed by atoms with E-state index in [1.54, 1.807) is 12.1 Å². The van der Waals surface area contributed by atoms with Gasteiger partial charge in [0, 0.05) is 18.1 Å². The van der Waals surface area contributed by atoms with Crippen molar-refractivity contribution >= 4 is 29.6 Å². The molecule has 1 aromatic rings. The predicted molar refractivity (Wildman–Crippen MR) is 70.5 cm³/mol. The maximum absolute atomic E-state index is 11.5. The van der Waals surface area contributed by atoms with Crippen LogP contribution in [0.5, 0.6) is 0 Å². The van der Waals surface area contributed by atoms with Crippen molar-refractivity contribution in [3.63, 3.8) is 0 Å². The van der Waals surface area contributed by atoms with Gasteiger partial charge in [0.1, 0.15) is 6.54 Å². The molecular weight excluding hydrogens is 254 g/mol. The minimum Gasteiger partial charge on any atom is -0.480 e. The molecule has 0 heterocycles. The van der Waals surface area contributed by atoms with Crippen molar-refractivity contribution in [1.29, 1.82) is 0 Å². The Balaban J connectivity index is 2.71. The summed E-state index contributed by atoms with van der Waals surface area (Å²) in [5.74, 6) is -1.41. The third-order valence-electron chi connectivity index (χ3n) is 2.36. The van der Waals surface area contributed by atoms with Crippen LogP contribution in [0.1, 0.15) is 11.1 Å². The van der Waals surface area contributed by atoms with Crippen LogP contribution in [0, 0.1) is 6.92 Å². The van der Waals surface area contributed by atoms with Gasteiger partial charge in [0.05, 0.1) is 0 Å². The molecule has 0 unspecified atom stereocenters. The maximum Gasteiger partial charge on any atom is 0.323 e. The molecule has 0 atom stereocenters. The van der Waals surface area contributed by atoms with E-state index in [0.717, 1.165) is 16.0 Å². The van der Waals surface area contributed by atoms with Gasteiger partial charge in [-0.3, -0.25) is 9.59 Å². The topological polar surface area (TPSA) is 57.6 Å². The third-order valence-corrected chi connectivity index (χ3v) is 2.77. The Hall–Kier alpha value is -1.81. The zero-order valence-corrected chi connectivity index (χ0v) is 10.9. The molecule has 0 radical (unpaired) electrons. The average molecular weight is 268 g/mol. The highest BCUT2D eigenvalue weighted by atomic mass is 35.5. The second-order valence-electron chi connectivity index (χ2n) is 3.93. The van der Waals surface area contributed by atoms with Crippen molar-refractivity contribution < 1.29 is 14.7 Å². The van der Waals surface area contributed by atoms with Gasteiger partial charge in [-0.2, -0.15) is 0 Å². The van der Waals surface area contributed by atoms with Gasteiger partial charge >= 0.3 is 5.97 Å². The van der Waals surface area contributed by atoms with Gasteiger partial charge in [-0.1, -0.05) is 23.7 Å². The highest BCUT2D eigenvalue weighted by Crippen LogP contribution is 2.17. The number of carbonyl (C=O) groups is 2. The highest BCUT2D eigenvalue weighted by molar-refractivity contribution is 6.31. The Bertz CT molecular complexity index is 497. The smallest absolute Gasteiger partial charge is 0.323 e. The second kappa shape index (κ2) is 6.21. The normalized spacial score (nSPS) is 10.6. The Kier molecular flexibility index (Phi) is 4.92. The Labute approximate surface area is 110 Å². The van der Waals surface area contributed by atoms with Crippen LogP contribution >= 0.6 is 11.6 Å². The number of carboxylic acid groups (broad SMARTS) is 1. The van der Waals surface area contributed by atoms with Crippen LogP contribution in [0.15, 0.2) is 24.3 Å². The molecule has 96 valence electrons. The minimum absolute atomic E-state index is 0.322. The van der Waals surface area contributed by atoms with Gasteiger partial charge in [-0.05, 0) is 30.2 Å².